The summed E-state index contributed by atoms with van der Waals surface area (Å²) in [6, 6.07) is 9.34. The summed E-state index contributed by atoms with van der Waals surface area (Å²) in [5.41, 5.74) is 5.99. The summed E-state index contributed by atoms with van der Waals surface area (Å²) >= 11 is 0. The van der Waals surface area contributed by atoms with Gasteiger partial charge in [0, 0.05) is 0 Å². The summed E-state index contributed by atoms with van der Waals surface area (Å²) in [4.78, 5) is 12.9. The molecule has 5 nitrogen and oxygen atoms in total. The van der Waals surface area contributed by atoms with Crippen molar-refractivity contribution < 1.29 is 24.5 Å². The van der Waals surface area contributed by atoms with Crippen molar-refractivity contribution in [3.8, 4) is 11.5 Å². The molecule has 2 heterocycles. The third-order valence-electron chi connectivity index (χ3n) is 6.66. The van der Waals surface area contributed by atoms with Crippen LogP contribution in [0, 0.1) is 0 Å². The molecule has 0 radical (unpaired) electrons. The Labute approximate surface area is 219 Å². The molecule has 2 aromatic carbocycles. The predicted molar refractivity (Wildman–Crippen MR) is 147 cm³/mol. The van der Waals surface area contributed by atoms with Gasteiger partial charge in [-0.05, 0) is 125 Å². The van der Waals surface area contributed by atoms with Crippen LogP contribution in [0.1, 0.15) is 75.8 Å². The van der Waals surface area contributed by atoms with Gasteiger partial charge in [-0.15, -0.1) is 0 Å². The first-order valence-corrected chi connectivity index (χ1v) is 12.7. The van der Waals surface area contributed by atoms with Crippen LogP contribution in [0.5, 0.6) is 11.5 Å². The minimum atomic E-state index is -0.612. The van der Waals surface area contributed by atoms with Gasteiger partial charge in [-0.25, -0.2) is 4.79 Å². The zero-order valence-corrected chi connectivity index (χ0v) is 22.6. The lowest BCUT2D eigenvalue weighted by molar-refractivity contribution is -0.131. The normalized spacial score (nSPS) is 17.2. The molecule has 4 rings (SSSR count). The Bertz CT molecular complexity index is 1320. The molecular weight excluding hydrogens is 464 g/mol. The number of phenols is 1. The fourth-order valence-corrected chi connectivity index (χ4v) is 4.54. The van der Waals surface area contributed by atoms with E-state index in [9.17, 15) is 15.0 Å². The van der Waals surface area contributed by atoms with Crippen molar-refractivity contribution in [3.63, 3.8) is 0 Å². The number of phenolic OH excluding ortho intramolecular Hbond substituents is 1. The first-order chi connectivity index (χ1) is 17.4. The number of aromatic hydroxyl groups is 1. The Morgan fingerprint density at radius 1 is 0.973 bits per heavy atom. The minimum Gasteiger partial charge on any atom is -0.507 e. The van der Waals surface area contributed by atoms with E-state index in [0.717, 1.165) is 40.9 Å². The van der Waals surface area contributed by atoms with Gasteiger partial charge in [0.25, 0.3) is 0 Å². The van der Waals surface area contributed by atoms with E-state index >= 15 is 0 Å². The number of hydrogen-bond acceptors (Lipinski definition) is 5. The van der Waals surface area contributed by atoms with Crippen molar-refractivity contribution in [1.29, 1.82) is 0 Å². The van der Waals surface area contributed by atoms with Crippen molar-refractivity contribution in [1.82, 2.24) is 0 Å². The highest BCUT2D eigenvalue weighted by Crippen LogP contribution is 2.38. The van der Waals surface area contributed by atoms with Crippen LogP contribution in [0.25, 0.3) is 11.6 Å². The van der Waals surface area contributed by atoms with E-state index in [1.807, 2.05) is 58.0 Å². The third-order valence-corrected chi connectivity index (χ3v) is 6.66. The predicted octanol–water partition coefficient (Wildman–Crippen LogP) is 7.38. The summed E-state index contributed by atoms with van der Waals surface area (Å²) < 4.78 is 11.6. The molecule has 2 aliphatic heterocycles. The molecule has 0 atom stereocenters. The zero-order chi connectivity index (χ0) is 26.9. The first kappa shape index (κ1) is 26.3. The van der Waals surface area contributed by atoms with Crippen LogP contribution < -0.4 is 4.74 Å². The lowest BCUT2D eigenvalue weighted by Gasteiger charge is -2.32. The van der Waals surface area contributed by atoms with Gasteiger partial charge in [0.05, 0.1) is 0 Å². The Morgan fingerprint density at radius 2 is 1.59 bits per heavy atom. The second-order valence-corrected chi connectivity index (χ2v) is 11.0. The molecule has 0 amide bonds. The summed E-state index contributed by atoms with van der Waals surface area (Å²) in [6.45, 7) is 12.1. The Morgan fingerprint density at radius 3 is 2.19 bits per heavy atom. The second kappa shape index (κ2) is 10.3. The van der Waals surface area contributed by atoms with E-state index in [0.29, 0.717) is 29.5 Å². The monoisotopic (exact) mass is 500 g/mol. The molecule has 0 bridgehead atoms. The molecule has 0 spiro atoms. The van der Waals surface area contributed by atoms with Crippen LogP contribution in [0.2, 0.25) is 0 Å². The van der Waals surface area contributed by atoms with E-state index in [4.69, 9.17) is 9.47 Å². The average molecular weight is 501 g/mol. The lowest BCUT2D eigenvalue weighted by Crippen LogP contribution is -2.32. The van der Waals surface area contributed by atoms with Crippen molar-refractivity contribution in [2.75, 3.05) is 0 Å². The standard InChI is InChI=1S/C32H36O5/c1-19(2)7-10-23-17-25(18-24(29(23)33)11-8-20(3)4)28-30(34)27(36-31(28)35)16-21-9-12-26-22(15-21)13-14-32(5,6)37-26/h7-9,12,15-18,33-34H,10-11,13-14H2,1-6H3/b27-16-. The average Bonchev–Trinajstić information content (AvgIpc) is 3.09. The van der Waals surface area contributed by atoms with Crippen molar-refractivity contribution in [3.05, 3.63) is 93.0 Å². The molecule has 194 valence electrons. The number of aryl methyl sites for hydroxylation is 1. The molecule has 0 aliphatic carbocycles. The molecule has 0 saturated carbocycles. The number of allylic oxidation sites excluding steroid dienone is 4. The van der Waals surface area contributed by atoms with E-state index in [1.54, 1.807) is 18.2 Å². The minimum absolute atomic E-state index is 0.103. The fraction of sp³-hybridized carbons (Fsp3) is 0.344. The molecule has 2 aliphatic rings. The molecule has 0 aromatic heterocycles. The van der Waals surface area contributed by atoms with E-state index in [-0.39, 0.29) is 28.4 Å². The number of hydrogen-bond donors (Lipinski definition) is 2. The van der Waals surface area contributed by atoms with Crippen LogP contribution in [-0.4, -0.2) is 21.8 Å². The molecular formula is C32H36O5. The molecule has 0 unspecified atom stereocenters. The molecule has 2 N–H and O–H groups in total. The maximum absolute atomic E-state index is 12.9. The van der Waals surface area contributed by atoms with Crippen LogP contribution in [0.15, 0.2) is 65.1 Å². The largest absolute Gasteiger partial charge is 0.507 e. The van der Waals surface area contributed by atoms with E-state index < -0.39 is 5.97 Å². The highest BCUT2D eigenvalue weighted by Gasteiger charge is 2.32. The molecule has 2 aromatic rings. The topological polar surface area (TPSA) is 76.0 Å². The van der Waals surface area contributed by atoms with Gasteiger partial charge in [0.2, 0.25) is 0 Å². The first-order valence-electron chi connectivity index (χ1n) is 12.7. The molecule has 0 fully saturated rings. The van der Waals surface area contributed by atoms with E-state index in [2.05, 4.69) is 13.8 Å². The van der Waals surface area contributed by atoms with Gasteiger partial charge in [0.1, 0.15) is 22.7 Å². The van der Waals surface area contributed by atoms with Crippen molar-refractivity contribution in [2.45, 2.75) is 72.8 Å². The van der Waals surface area contributed by atoms with Gasteiger partial charge in [-0.1, -0.05) is 29.4 Å². The number of esters is 1. The van der Waals surface area contributed by atoms with Crippen molar-refractivity contribution >= 4 is 17.6 Å². The quantitative estimate of drug-likeness (QED) is 0.320. The van der Waals surface area contributed by atoms with Crippen LogP contribution >= 0.6 is 0 Å². The maximum Gasteiger partial charge on any atom is 0.348 e. The molecule has 0 saturated heterocycles. The van der Waals surface area contributed by atoms with E-state index in [1.165, 1.54) is 0 Å². The summed E-state index contributed by atoms with van der Waals surface area (Å²) in [5.74, 6) is 0.368. The smallest absolute Gasteiger partial charge is 0.348 e. The number of benzene rings is 2. The number of aliphatic hydroxyl groups is 1. The third kappa shape index (κ3) is 5.99. The fourth-order valence-electron chi connectivity index (χ4n) is 4.54. The number of fused-ring (bicyclic) bond motifs is 1. The zero-order valence-electron chi connectivity index (χ0n) is 22.6. The maximum atomic E-state index is 12.9. The summed E-state index contributed by atoms with van der Waals surface area (Å²) in [5, 5.41) is 22.0. The number of aliphatic hydroxyl groups excluding tert-OH is 1. The van der Waals surface area contributed by atoms with Crippen LogP contribution in [-0.2, 0) is 28.8 Å². The van der Waals surface area contributed by atoms with Crippen molar-refractivity contribution in [2.24, 2.45) is 0 Å². The van der Waals surface area contributed by atoms with Gasteiger partial charge >= 0.3 is 5.97 Å². The summed E-state index contributed by atoms with van der Waals surface area (Å²) in [6.07, 6.45) is 8.56. The number of carbonyl (C=O) groups excluding carboxylic acids is 1. The Hall–Kier alpha value is -3.73. The highest BCUT2D eigenvalue weighted by molar-refractivity contribution is 6.21. The van der Waals surface area contributed by atoms with Gasteiger partial charge in [0.15, 0.2) is 11.5 Å². The Balaban J connectivity index is 1.73. The van der Waals surface area contributed by atoms with Gasteiger partial charge in [-0.3, -0.25) is 0 Å². The SMILES string of the molecule is CC(C)=CCc1cc(C2=C(O)/C(=C/c3ccc4c(c3)CCC(C)(C)O4)OC2=O)cc(CC=C(C)C)c1O. The number of carbonyl (C=O) groups is 1. The number of rotatable bonds is 6. The number of ether oxygens (including phenoxy) is 2. The molecule has 37 heavy (non-hydrogen) atoms. The van der Waals surface area contributed by atoms with Crippen LogP contribution in [0.4, 0.5) is 0 Å². The second-order valence-electron chi connectivity index (χ2n) is 11.0. The molecule has 5 heteroatoms. The lowest BCUT2D eigenvalue weighted by atomic mass is 9.93. The summed E-state index contributed by atoms with van der Waals surface area (Å²) in [7, 11) is 0. The van der Waals surface area contributed by atoms with Gasteiger partial charge in [-0.2, -0.15) is 0 Å². The van der Waals surface area contributed by atoms with Gasteiger partial charge < -0.3 is 19.7 Å². The number of cyclic esters (lactones) is 1. The highest BCUT2D eigenvalue weighted by atomic mass is 16.6. The Kier molecular flexibility index (Phi) is 7.35. The van der Waals surface area contributed by atoms with Crippen LogP contribution in [0.3, 0.4) is 0 Å².